The molecule has 1 amide bonds. The van der Waals surface area contributed by atoms with E-state index < -0.39 is 0 Å². The number of amides is 1. The van der Waals surface area contributed by atoms with Gasteiger partial charge in [0, 0.05) is 44.7 Å². The molecule has 2 saturated heterocycles. The summed E-state index contributed by atoms with van der Waals surface area (Å²) in [7, 11) is 2.10. The highest BCUT2D eigenvalue weighted by Crippen LogP contribution is 2.22. The van der Waals surface area contributed by atoms with Crippen LogP contribution in [0.2, 0.25) is 0 Å². The van der Waals surface area contributed by atoms with Crippen LogP contribution in [-0.4, -0.2) is 65.0 Å². The Bertz CT molecular complexity index is 543. The summed E-state index contributed by atoms with van der Waals surface area (Å²) in [6.45, 7) is 5.43. The number of aromatic nitrogens is 2. The van der Waals surface area contributed by atoms with Gasteiger partial charge in [0.1, 0.15) is 11.9 Å². The second-order valence-corrected chi connectivity index (χ2v) is 6.69. The maximum Gasteiger partial charge on any atom is 0.226 e. The third-order valence-corrected chi connectivity index (χ3v) is 4.77. The predicted octanol–water partition coefficient (Wildman–Crippen LogP) is 1.50. The van der Waals surface area contributed by atoms with Crippen LogP contribution in [0.3, 0.4) is 0 Å². The van der Waals surface area contributed by atoms with Crippen molar-refractivity contribution in [2.24, 2.45) is 5.92 Å². The highest BCUT2D eigenvalue weighted by Gasteiger charge is 2.31. The summed E-state index contributed by atoms with van der Waals surface area (Å²) in [6, 6.07) is 1.79. The largest absolute Gasteiger partial charge is 0.474 e. The Kier molecular flexibility index (Phi) is 5.10. The molecule has 0 N–H and O–H groups in total. The van der Waals surface area contributed by atoms with Crippen LogP contribution in [-0.2, 0) is 4.79 Å². The highest BCUT2D eigenvalue weighted by molar-refractivity contribution is 5.79. The van der Waals surface area contributed by atoms with E-state index in [1.165, 1.54) is 0 Å². The zero-order chi connectivity index (χ0) is 16.2. The molecule has 126 valence electrons. The van der Waals surface area contributed by atoms with E-state index in [0.29, 0.717) is 11.8 Å². The maximum atomic E-state index is 12.6. The van der Waals surface area contributed by atoms with E-state index in [1.54, 1.807) is 12.3 Å². The van der Waals surface area contributed by atoms with Crippen molar-refractivity contribution in [1.82, 2.24) is 19.8 Å². The van der Waals surface area contributed by atoms with Gasteiger partial charge in [-0.1, -0.05) is 0 Å². The van der Waals surface area contributed by atoms with Crippen molar-refractivity contribution in [1.29, 1.82) is 0 Å². The summed E-state index contributed by atoms with van der Waals surface area (Å²) in [5, 5.41) is 0. The van der Waals surface area contributed by atoms with Gasteiger partial charge >= 0.3 is 0 Å². The smallest absolute Gasteiger partial charge is 0.226 e. The summed E-state index contributed by atoms with van der Waals surface area (Å²) in [5.74, 6) is 1.86. The quantitative estimate of drug-likeness (QED) is 0.845. The van der Waals surface area contributed by atoms with E-state index in [9.17, 15) is 4.79 Å². The first kappa shape index (κ1) is 16.2. The van der Waals surface area contributed by atoms with Gasteiger partial charge in [0.05, 0.1) is 5.92 Å². The lowest BCUT2D eigenvalue weighted by atomic mass is 9.95. The summed E-state index contributed by atoms with van der Waals surface area (Å²) >= 11 is 0. The van der Waals surface area contributed by atoms with Gasteiger partial charge in [-0.15, -0.1) is 0 Å². The first-order chi connectivity index (χ1) is 11.1. The molecule has 2 aliphatic rings. The van der Waals surface area contributed by atoms with Crippen LogP contribution in [0.4, 0.5) is 0 Å². The summed E-state index contributed by atoms with van der Waals surface area (Å²) in [6.07, 6.45) is 5.76. The minimum atomic E-state index is 0.141. The van der Waals surface area contributed by atoms with Crippen LogP contribution in [0.1, 0.15) is 31.5 Å². The average Bonchev–Trinajstić information content (AvgIpc) is 2.55. The Morgan fingerprint density at radius 1 is 1.26 bits per heavy atom. The third kappa shape index (κ3) is 4.19. The molecule has 1 atom stereocenters. The number of hydrogen-bond donors (Lipinski definition) is 0. The molecule has 0 spiro atoms. The Morgan fingerprint density at radius 3 is 2.74 bits per heavy atom. The molecule has 0 radical (unpaired) electrons. The van der Waals surface area contributed by atoms with E-state index in [-0.39, 0.29) is 12.0 Å². The lowest BCUT2D eigenvalue weighted by Gasteiger charge is -2.36. The van der Waals surface area contributed by atoms with Crippen molar-refractivity contribution in [3.8, 4) is 5.88 Å². The Morgan fingerprint density at radius 2 is 2.04 bits per heavy atom. The van der Waals surface area contributed by atoms with Crippen LogP contribution in [0.5, 0.6) is 5.88 Å². The maximum absolute atomic E-state index is 12.6. The number of carbonyl (C=O) groups is 1. The molecule has 1 aromatic rings. The molecule has 3 rings (SSSR count). The normalized spacial score (nSPS) is 23.7. The molecule has 6 heteroatoms. The van der Waals surface area contributed by atoms with Gasteiger partial charge in [-0.3, -0.25) is 4.79 Å². The predicted molar refractivity (Wildman–Crippen MR) is 87.2 cm³/mol. The third-order valence-electron chi connectivity index (χ3n) is 4.77. The molecule has 3 heterocycles. The molecule has 2 aliphatic heterocycles. The number of ether oxygens (including phenoxy) is 1. The molecule has 1 unspecified atom stereocenters. The first-order valence-corrected chi connectivity index (χ1v) is 8.55. The van der Waals surface area contributed by atoms with Crippen molar-refractivity contribution in [3.05, 3.63) is 18.1 Å². The first-order valence-electron chi connectivity index (χ1n) is 8.55. The molecule has 2 fully saturated rings. The van der Waals surface area contributed by atoms with Gasteiger partial charge in [0.2, 0.25) is 11.8 Å². The van der Waals surface area contributed by atoms with Crippen LogP contribution < -0.4 is 4.74 Å². The monoisotopic (exact) mass is 318 g/mol. The number of hydrogen-bond acceptors (Lipinski definition) is 5. The van der Waals surface area contributed by atoms with Gasteiger partial charge in [-0.05, 0) is 33.4 Å². The number of piperidine rings is 2. The molecule has 0 bridgehead atoms. The van der Waals surface area contributed by atoms with Gasteiger partial charge in [0.25, 0.3) is 0 Å². The van der Waals surface area contributed by atoms with Gasteiger partial charge in [-0.25, -0.2) is 4.98 Å². The summed E-state index contributed by atoms with van der Waals surface area (Å²) < 4.78 is 5.93. The lowest BCUT2D eigenvalue weighted by Crippen LogP contribution is -2.47. The van der Waals surface area contributed by atoms with Crippen LogP contribution in [0.25, 0.3) is 0 Å². The van der Waals surface area contributed by atoms with Gasteiger partial charge in [0.15, 0.2) is 0 Å². The van der Waals surface area contributed by atoms with Crippen LogP contribution in [0.15, 0.2) is 12.3 Å². The Hall–Kier alpha value is -1.69. The fraction of sp³-hybridized carbons (Fsp3) is 0.706. The standard InChI is InChI=1S/C17H26N4O2/c1-13-18-8-5-16(19-13)23-15-6-10-21(11-7-15)17(22)14-4-3-9-20(2)12-14/h5,8,14-15H,3-4,6-7,9-12H2,1-2H3. The molecular weight excluding hydrogens is 292 g/mol. The fourth-order valence-electron chi connectivity index (χ4n) is 3.49. The minimum Gasteiger partial charge on any atom is -0.474 e. The van der Waals surface area contributed by atoms with Crippen LogP contribution in [0, 0.1) is 12.8 Å². The van der Waals surface area contributed by atoms with Crippen molar-refractivity contribution < 1.29 is 9.53 Å². The van der Waals surface area contributed by atoms with Crippen molar-refractivity contribution in [3.63, 3.8) is 0 Å². The summed E-state index contributed by atoms with van der Waals surface area (Å²) in [5.41, 5.74) is 0. The van der Waals surface area contributed by atoms with E-state index in [2.05, 4.69) is 21.9 Å². The second kappa shape index (κ2) is 7.25. The zero-order valence-corrected chi connectivity index (χ0v) is 14.1. The van der Waals surface area contributed by atoms with Crippen molar-refractivity contribution in [2.75, 3.05) is 33.2 Å². The van der Waals surface area contributed by atoms with Gasteiger partial charge < -0.3 is 14.5 Å². The van der Waals surface area contributed by atoms with E-state index >= 15 is 0 Å². The molecule has 0 aliphatic carbocycles. The molecular formula is C17H26N4O2. The SMILES string of the molecule is Cc1nccc(OC2CCN(C(=O)C3CCCN(C)C3)CC2)n1. The topological polar surface area (TPSA) is 58.6 Å². The zero-order valence-electron chi connectivity index (χ0n) is 14.1. The minimum absolute atomic E-state index is 0.141. The van der Waals surface area contributed by atoms with Crippen molar-refractivity contribution >= 4 is 5.91 Å². The Labute approximate surface area is 137 Å². The second-order valence-electron chi connectivity index (χ2n) is 6.69. The van der Waals surface area contributed by atoms with Gasteiger partial charge in [-0.2, -0.15) is 4.98 Å². The van der Waals surface area contributed by atoms with Crippen LogP contribution >= 0.6 is 0 Å². The van der Waals surface area contributed by atoms with E-state index in [1.807, 2.05) is 11.8 Å². The molecule has 0 saturated carbocycles. The molecule has 0 aromatic carbocycles. The average molecular weight is 318 g/mol. The number of likely N-dealkylation sites (tertiary alicyclic amines) is 2. The summed E-state index contributed by atoms with van der Waals surface area (Å²) in [4.78, 5) is 25.3. The van der Waals surface area contributed by atoms with E-state index in [4.69, 9.17) is 4.74 Å². The molecule has 6 nitrogen and oxygen atoms in total. The number of aryl methyl sites for hydroxylation is 1. The molecule has 1 aromatic heterocycles. The molecule has 23 heavy (non-hydrogen) atoms. The highest BCUT2D eigenvalue weighted by atomic mass is 16.5. The Balaban J connectivity index is 1.49. The fourth-order valence-corrected chi connectivity index (χ4v) is 3.49. The van der Waals surface area contributed by atoms with Crippen molar-refractivity contribution in [2.45, 2.75) is 38.7 Å². The number of carbonyl (C=O) groups excluding carboxylic acids is 1. The number of rotatable bonds is 3. The number of nitrogens with zero attached hydrogens (tertiary/aromatic N) is 4. The lowest BCUT2D eigenvalue weighted by molar-refractivity contribution is -0.139. The van der Waals surface area contributed by atoms with E-state index in [0.717, 1.165) is 57.7 Å².